The van der Waals surface area contributed by atoms with Gasteiger partial charge in [-0.3, -0.25) is 25.4 Å². The van der Waals surface area contributed by atoms with E-state index >= 15 is 0 Å². The van der Waals surface area contributed by atoms with Crippen LogP contribution < -0.4 is 10.9 Å². The number of hydrogen-bond donors (Lipinski definition) is 2. The first-order chi connectivity index (χ1) is 11.6. The van der Waals surface area contributed by atoms with E-state index in [0.717, 1.165) is 0 Å². The summed E-state index contributed by atoms with van der Waals surface area (Å²) in [6, 6.07) is 13.6. The maximum absolute atomic E-state index is 12.9. The zero-order valence-electron chi connectivity index (χ0n) is 12.3. The molecule has 2 aromatic heterocycles. The molecule has 0 saturated heterocycles. The third-order valence-corrected chi connectivity index (χ3v) is 3.15. The van der Waals surface area contributed by atoms with Gasteiger partial charge in [0.05, 0.1) is 0 Å². The van der Waals surface area contributed by atoms with Crippen LogP contribution >= 0.6 is 0 Å². The lowest BCUT2D eigenvalue weighted by molar-refractivity contribution is 0.0829. The number of benzene rings is 1. The van der Waals surface area contributed by atoms with Crippen LogP contribution in [0.3, 0.4) is 0 Å². The summed E-state index contributed by atoms with van der Waals surface area (Å²) < 4.78 is 18.3. The van der Waals surface area contributed by atoms with E-state index in [4.69, 9.17) is 4.42 Å². The van der Waals surface area contributed by atoms with Gasteiger partial charge in [-0.05, 0) is 48.5 Å². The standard InChI is InChI=1S/C17H12FN3O3/c18-12-6-4-11(5-7-12)14-8-9-15(24-14)17(23)21-20-16(22)13-3-1-2-10-19-13/h1-10H,(H,20,22)(H,21,23). The van der Waals surface area contributed by atoms with Gasteiger partial charge in [-0.25, -0.2) is 4.39 Å². The Morgan fingerprint density at radius 2 is 1.67 bits per heavy atom. The van der Waals surface area contributed by atoms with Crippen molar-refractivity contribution in [2.24, 2.45) is 0 Å². The van der Waals surface area contributed by atoms with Gasteiger partial charge in [-0.1, -0.05) is 6.07 Å². The smallest absolute Gasteiger partial charge is 0.305 e. The second-order valence-corrected chi connectivity index (χ2v) is 4.79. The van der Waals surface area contributed by atoms with Crippen LogP contribution in [0.25, 0.3) is 11.3 Å². The molecule has 0 unspecified atom stereocenters. The van der Waals surface area contributed by atoms with Crippen LogP contribution in [0.2, 0.25) is 0 Å². The van der Waals surface area contributed by atoms with Gasteiger partial charge in [0.15, 0.2) is 5.76 Å². The highest BCUT2D eigenvalue weighted by Crippen LogP contribution is 2.22. The minimum absolute atomic E-state index is 0.00986. The summed E-state index contributed by atoms with van der Waals surface area (Å²) in [4.78, 5) is 27.6. The van der Waals surface area contributed by atoms with E-state index in [2.05, 4.69) is 15.8 Å². The van der Waals surface area contributed by atoms with E-state index in [1.807, 2.05) is 0 Å². The molecule has 2 N–H and O–H groups in total. The van der Waals surface area contributed by atoms with Crippen molar-refractivity contribution in [3.05, 3.63) is 78.1 Å². The lowest BCUT2D eigenvalue weighted by Crippen LogP contribution is -2.41. The predicted molar refractivity (Wildman–Crippen MR) is 83.3 cm³/mol. The van der Waals surface area contributed by atoms with E-state index in [1.165, 1.54) is 30.5 Å². The molecule has 1 aromatic carbocycles. The number of rotatable bonds is 3. The Labute approximate surface area is 136 Å². The molecule has 7 heteroatoms. The van der Waals surface area contributed by atoms with E-state index in [-0.39, 0.29) is 17.3 Å². The maximum Gasteiger partial charge on any atom is 0.305 e. The monoisotopic (exact) mass is 325 g/mol. The Hall–Kier alpha value is -3.48. The fourth-order valence-electron chi connectivity index (χ4n) is 1.97. The molecule has 0 atom stereocenters. The molecule has 0 radical (unpaired) electrons. The number of hydrogen-bond acceptors (Lipinski definition) is 4. The minimum Gasteiger partial charge on any atom is -0.451 e. The van der Waals surface area contributed by atoms with Crippen molar-refractivity contribution in [1.29, 1.82) is 0 Å². The van der Waals surface area contributed by atoms with E-state index < -0.39 is 11.8 Å². The van der Waals surface area contributed by atoms with Crippen LogP contribution in [0.1, 0.15) is 21.0 Å². The number of carbonyl (C=O) groups is 2. The normalized spacial score (nSPS) is 10.2. The molecular weight excluding hydrogens is 313 g/mol. The Kier molecular flexibility index (Phi) is 4.33. The second kappa shape index (κ2) is 6.74. The van der Waals surface area contributed by atoms with Gasteiger partial charge in [0.25, 0.3) is 5.91 Å². The molecule has 3 rings (SSSR count). The van der Waals surface area contributed by atoms with Crippen molar-refractivity contribution in [3.63, 3.8) is 0 Å². The van der Waals surface area contributed by atoms with Crippen LogP contribution in [0.5, 0.6) is 0 Å². The van der Waals surface area contributed by atoms with Crippen molar-refractivity contribution >= 4 is 11.8 Å². The number of carbonyl (C=O) groups excluding carboxylic acids is 2. The van der Waals surface area contributed by atoms with Crippen LogP contribution in [0.15, 0.2) is 65.2 Å². The number of halogens is 1. The third-order valence-electron chi connectivity index (χ3n) is 3.15. The molecule has 0 aliphatic rings. The summed E-state index contributed by atoms with van der Waals surface area (Å²) in [7, 11) is 0. The van der Waals surface area contributed by atoms with Gasteiger partial charge in [-0.15, -0.1) is 0 Å². The molecule has 2 heterocycles. The molecule has 0 fully saturated rings. The predicted octanol–water partition coefficient (Wildman–Crippen LogP) is 2.56. The molecule has 0 saturated carbocycles. The Morgan fingerprint density at radius 1 is 0.917 bits per heavy atom. The Balaban J connectivity index is 1.64. The van der Waals surface area contributed by atoms with Crippen molar-refractivity contribution in [2.75, 3.05) is 0 Å². The molecule has 120 valence electrons. The zero-order chi connectivity index (χ0) is 16.9. The van der Waals surface area contributed by atoms with Crippen molar-refractivity contribution in [1.82, 2.24) is 15.8 Å². The van der Waals surface area contributed by atoms with Gasteiger partial charge < -0.3 is 4.42 Å². The number of amides is 2. The number of furan rings is 1. The van der Waals surface area contributed by atoms with Crippen LogP contribution in [-0.4, -0.2) is 16.8 Å². The molecule has 0 aliphatic heterocycles. The summed E-state index contributed by atoms with van der Waals surface area (Å²) in [5.41, 5.74) is 5.28. The zero-order valence-corrected chi connectivity index (χ0v) is 12.3. The van der Waals surface area contributed by atoms with Crippen molar-refractivity contribution in [2.45, 2.75) is 0 Å². The van der Waals surface area contributed by atoms with Gasteiger partial charge in [-0.2, -0.15) is 0 Å². The number of aromatic nitrogens is 1. The molecule has 0 bridgehead atoms. The summed E-state index contributed by atoms with van der Waals surface area (Å²) in [5.74, 6) is -1.10. The SMILES string of the molecule is O=C(NNC(=O)c1ccc(-c2ccc(F)cc2)o1)c1ccccn1. The average molecular weight is 325 g/mol. The van der Waals surface area contributed by atoms with Crippen LogP contribution in [0, 0.1) is 5.82 Å². The van der Waals surface area contributed by atoms with E-state index in [9.17, 15) is 14.0 Å². The van der Waals surface area contributed by atoms with Gasteiger partial charge in [0.1, 0.15) is 17.3 Å². The van der Waals surface area contributed by atoms with Crippen LogP contribution in [-0.2, 0) is 0 Å². The summed E-state index contributed by atoms with van der Waals surface area (Å²) in [5, 5.41) is 0. The van der Waals surface area contributed by atoms with Crippen molar-refractivity contribution in [3.8, 4) is 11.3 Å². The van der Waals surface area contributed by atoms with Crippen molar-refractivity contribution < 1.29 is 18.4 Å². The Morgan fingerprint density at radius 3 is 2.38 bits per heavy atom. The molecule has 24 heavy (non-hydrogen) atoms. The largest absolute Gasteiger partial charge is 0.451 e. The highest BCUT2D eigenvalue weighted by molar-refractivity contribution is 5.97. The van der Waals surface area contributed by atoms with Gasteiger partial charge >= 0.3 is 5.91 Å². The number of nitrogens with zero attached hydrogens (tertiary/aromatic N) is 1. The third kappa shape index (κ3) is 3.46. The number of nitrogens with one attached hydrogen (secondary N) is 2. The second-order valence-electron chi connectivity index (χ2n) is 4.79. The van der Waals surface area contributed by atoms with Gasteiger partial charge in [0.2, 0.25) is 0 Å². The fourth-order valence-corrected chi connectivity index (χ4v) is 1.97. The first-order valence-corrected chi connectivity index (χ1v) is 7.01. The summed E-state index contributed by atoms with van der Waals surface area (Å²) in [6.07, 6.45) is 1.47. The maximum atomic E-state index is 12.9. The Bertz CT molecular complexity index is 860. The minimum atomic E-state index is -0.618. The first-order valence-electron chi connectivity index (χ1n) is 7.01. The van der Waals surface area contributed by atoms with Crippen LogP contribution in [0.4, 0.5) is 4.39 Å². The molecule has 2 amide bonds. The number of pyridine rings is 1. The topological polar surface area (TPSA) is 84.2 Å². The molecule has 3 aromatic rings. The summed E-state index contributed by atoms with van der Waals surface area (Å²) in [6.45, 7) is 0. The molecule has 0 spiro atoms. The number of hydrazine groups is 1. The fraction of sp³-hybridized carbons (Fsp3) is 0. The highest BCUT2D eigenvalue weighted by Gasteiger charge is 2.14. The van der Waals surface area contributed by atoms with Gasteiger partial charge in [0, 0.05) is 11.8 Å². The quantitative estimate of drug-likeness (QED) is 0.725. The van der Waals surface area contributed by atoms with E-state index in [1.54, 1.807) is 30.3 Å². The molecular formula is C17H12FN3O3. The molecule has 0 aliphatic carbocycles. The first kappa shape index (κ1) is 15.4. The lowest BCUT2D eigenvalue weighted by atomic mass is 10.2. The van der Waals surface area contributed by atoms with E-state index in [0.29, 0.717) is 11.3 Å². The lowest BCUT2D eigenvalue weighted by Gasteiger charge is -2.05. The average Bonchev–Trinajstić information content (AvgIpc) is 3.11. The summed E-state index contributed by atoms with van der Waals surface area (Å²) >= 11 is 0. The highest BCUT2D eigenvalue weighted by atomic mass is 19.1. The molecule has 6 nitrogen and oxygen atoms in total.